The minimum absolute atomic E-state index is 0.0000833. The van der Waals surface area contributed by atoms with Crippen molar-refractivity contribution in [3.05, 3.63) is 51.6 Å². The van der Waals surface area contributed by atoms with Gasteiger partial charge in [-0.25, -0.2) is 0 Å². The topological polar surface area (TPSA) is 160 Å². The van der Waals surface area contributed by atoms with Gasteiger partial charge in [0.15, 0.2) is 17.9 Å². The van der Waals surface area contributed by atoms with Gasteiger partial charge in [-0.3, -0.25) is 14.4 Å². The molecule has 0 radical (unpaired) electrons. The van der Waals surface area contributed by atoms with Crippen molar-refractivity contribution < 1.29 is 49.0 Å². The van der Waals surface area contributed by atoms with Crippen LogP contribution in [0.15, 0.2) is 18.2 Å². The van der Waals surface area contributed by atoms with Crippen LogP contribution in [0, 0.1) is 0 Å². The van der Waals surface area contributed by atoms with Gasteiger partial charge in [0, 0.05) is 36.0 Å². The molecule has 2 aromatic carbocycles. The lowest BCUT2D eigenvalue weighted by Crippen LogP contribution is -2.46. The number of aromatic hydroxyl groups is 2. The van der Waals surface area contributed by atoms with Crippen LogP contribution in [0.4, 0.5) is 0 Å². The number of hydrogen-bond acceptors (Lipinski definition) is 10. The molecule has 0 spiro atoms. The number of rotatable bonds is 4. The Bertz CT molecular complexity index is 1330. The van der Waals surface area contributed by atoms with E-state index in [1.165, 1.54) is 32.2 Å². The second-order valence-electron chi connectivity index (χ2n) is 9.89. The Kier molecular flexibility index (Phi) is 6.11. The zero-order chi connectivity index (χ0) is 26.8. The number of aliphatic hydroxyl groups is 2. The lowest BCUT2D eigenvalue weighted by atomic mass is 9.72. The van der Waals surface area contributed by atoms with Crippen molar-refractivity contribution in [2.24, 2.45) is 0 Å². The molecular weight excluding hydrogens is 484 g/mol. The van der Waals surface area contributed by atoms with E-state index in [0.717, 1.165) is 0 Å². The number of Topliss-reactive ketones (excluding diaryl/α,β-unsaturated/α-hetero) is 1. The van der Waals surface area contributed by atoms with E-state index in [-0.39, 0.29) is 34.4 Å². The van der Waals surface area contributed by atoms with Gasteiger partial charge in [-0.2, -0.15) is 0 Å². The van der Waals surface area contributed by atoms with Gasteiger partial charge in [-0.05, 0) is 26.3 Å². The van der Waals surface area contributed by atoms with E-state index in [1.54, 1.807) is 6.92 Å². The van der Waals surface area contributed by atoms with Gasteiger partial charge < -0.3 is 34.6 Å². The Morgan fingerprint density at radius 1 is 1.08 bits per heavy atom. The normalized spacial score (nSPS) is 28.8. The molecule has 4 N–H and O–H groups in total. The third kappa shape index (κ3) is 3.83. The molecule has 3 unspecified atom stereocenters. The van der Waals surface area contributed by atoms with Gasteiger partial charge in [-0.1, -0.05) is 12.1 Å². The number of methoxy groups -OCH3 is 1. The fraction of sp³-hybridized carbons (Fsp3) is 0.444. The first kappa shape index (κ1) is 25.3. The third-order valence-corrected chi connectivity index (χ3v) is 7.65. The van der Waals surface area contributed by atoms with E-state index in [9.17, 15) is 34.8 Å². The van der Waals surface area contributed by atoms with E-state index < -0.39 is 76.6 Å². The summed E-state index contributed by atoms with van der Waals surface area (Å²) in [4.78, 5) is 39.5. The summed E-state index contributed by atoms with van der Waals surface area (Å²) in [7, 11) is 1.35. The highest BCUT2D eigenvalue weighted by atomic mass is 16.7. The molecule has 1 fully saturated rings. The van der Waals surface area contributed by atoms with E-state index >= 15 is 0 Å². The molecule has 2 aliphatic carbocycles. The maximum atomic E-state index is 13.6. The molecular formula is C27H28O10. The molecule has 3 aliphatic rings. The second-order valence-corrected chi connectivity index (χ2v) is 9.89. The number of carbonyl (C=O) groups is 3. The van der Waals surface area contributed by atoms with E-state index in [1.807, 2.05) is 0 Å². The standard InChI is InChI=1S/C27H28O10/c1-11-15(29)7-8-18(36-11)37-17-10-27(34,12(2)28)9-14-20(17)26(33)22-21(24(14)31)23(30)13-5-4-6-16(35-3)19(13)25(22)32/h4-6,11,15,17-18,29,31,33-34H,7-10H2,1-3H3/t11?,15?,17-,18?,27-/m0/s1. The second kappa shape index (κ2) is 8.91. The SMILES string of the molecule is COc1cccc2c1C(=O)c1c(O)c3c(c(O)c1C2=O)C[C@@](O)(C(C)=O)C[C@@H]3OC1CCC(O)C(C)O1. The van der Waals surface area contributed by atoms with Gasteiger partial charge in [0.25, 0.3) is 0 Å². The number of aliphatic hydroxyl groups excluding tert-OH is 1. The highest BCUT2D eigenvalue weighted by Gasteiger charge is 2.49. The molecule has 0 amide bonds. The van der Waals surface area contributed by atoms with Crippen LogP contribution in [0.5, 0.6) is 17.2 Å². The number of ether oxygens (including phenoxy) is 3. The van der Waals surface area contributed by atoms with Crippen LogP contribution in [-0.2, 0) is 20.7 Å². The molecule has 10 heteroatoms. The first-order chi connectivity index (χ1) is 17.5. The number of hydrogen-bond donors (Lipinski definition) is 4. The van der Waals surface area contributed by atoms with Crippen LogP contribution in [-0.4, -0.2) is 69.0 Å². The minimum Gasteiger partial charge on any atom is -0.507 e. The number of carbonyl (C=O) groups excluding carboxylic acids is 3. The Hall–Kier alpha value is -3.31. The average molecular weight is 513 g/mol. The first-order valence-electron chi connectivity index (χ1n) is 12.1. The zero-order valence-electron chi connectivity index (χ0n) is 20.6. The van der Waals surface area contributed by atoms with Crippen LogP contribution < -0.4 is 4.74 Å². The Labute approximate surface area is 212 Å². The summed E-state index contributed by atoms with van der Waals surface area (Å²) in [6, 6.07) is 4.47. The Balaban J connectivity index is 1.69. The van der Waals surface area contributed by atoms with Gasteiger partial charge >= 0.3 is 0 Å². The molecule has 0 saturated carbocycles. The molecule has 0 aromatic heterocycles. The quantitative estimate of drug-likeness (QED) is 0.381. The monoisotopic (exact) mass is 512 g/mol. The molecule has 0 bridgehead atoms. The summed E-state index contributed by atoms with van der Waals surface area (Å²) >= 11 is 0. The number of phenols is 2. The van der Waals surface area contributed by atoms with E-state index in [0.29, 0.717) is 12.8 Å². The molecule has 1 saturated heterocycles. The molecule has 5 atom stereocenters. The highest BCUT2D eigenvalue weighted by Crippen LogP contribution is 2.52. The lowest BCUT2D eigenvalue weighted by molar-refractivity contribution is -0.243. The fourth-order valence-corrected chi connectivity index (χ4v) is 5.53. The largest absolute Gasteiger partial charge is 0.507 e. The molecule has 1 heterocycles. The number of fused-ring (bicyclic) bond motifs is 3. The molecule has 196 valence electrons. The number of phenolic OH excluding ortho intramolecular Hbond substituents is 2. The molecule has 1 aliphatic heterocycles. The maximum absolute atomic E-state index is 13.6. The van der Waals surface area contributed by atoms with Gasteiger partial charge in [0.1, 0.15) is 22.8 Å². The van der Waals surface area contributed by atoms with Crippen LogP contribution in [0.1, 0.15) is 82.2 Å². The maximum Gasteiger partial charge on any atom is 0.202 e. The van der Waals surface area contributed by atoms with Crippen LogP contribution in [0.2, 0.25) is 0 Å². The van der Waals surface area contributed by atoms with Gasteiger partial charge in [0.05, 0.1) is 42.1 Å². The van der Waals surface area contributed by atoms with Gasteiger partial charge in [0.2, 0.25) is 5.78 Å². The fourth-order valence-electron chi connectivity index (χ4n) is 5.53. The molecule has 37 heavy (non-hydrogen) atoms. The first-order valence-corrected chi connectivity index (χ1v) is 12.1. The van der Waals surface area contributed by atoms with Crippen LogP contribution in [0.3, 0.4) is 0 Å². The molecule has 10 nitrogen and oxygen atoms in total. The summed E-state index contributed by atoms with van der Waals surface area (Å²) in [6.07, 6.45) is -3.22. The predicted molar refractivity (Wildman–Crippen MR) is 127 cm³/mol. The van der Waals surface area contributed by atoms with Crippen molar-refractivity contribution in [3.8, 4) is 17.2 Å². The summed E-state index contributed by atoms with van der Waals surface area (Å²) in [5.74, 6) is -3.04. The molecule has 5 rings (SSSR count). The smallest absolute Gasteiger partial charge is 0.202 e. The van der Waals surface area contributed by atoms with Crippen LogP contribution >= 0.6 is 0 Å². The van der Waals surface area contributed by atoms with E-state index in [2.05, 4.69) is 0 Å². The van der Waals surface area contributed by atoms with Crippen molar-refractivity contribution >= 4 is 17.3 Å². The van der Waals surface area contributed by atoms with Crippen molar-refractivity contribution in [1.82, 2.24) is 0 Å². The summed E-state index contributed by atoms with van der Waals surface area (Å²) in [5.41, 5.74) is -2.85. The summed E-state index contributed by atoms with van der Waals surface area (Å²) < 4.78 is 17.1. The van der Waals surface area contributed by atoms with Crippen molar-refractivity contribution in [2.45, 2.75) is 69.7 Å². The number of ketones is 3. The summed E-state index contributed by atoms with van der Waals surface area (Å²) in [6.45, 7) is 2.87. The van der Waals surface area contributed by atoms with Crippen molar-refractivity contribution in [2.75, 3.05) is 7.11 Å². The lowest BCUT2D eigenvalue weighted by Gasteiger charge is -2.41. The van der Waals surface area contributed by atoms with Crippen molar-refractivity contribution in [3.63, 3.8) is 0 Å². The average Bonchev–Trinajstić information content (AvgIpc) is 2.86. The minimum atomic E-state index is -1.96. The third-order valence-electron chi connectivity index (χ3n) is 7.65. The van der Waals surface area contributed by atoms with Crippen molar-refractivity contribution in [1.29, 1.82) is 0 Å². The molecule has 2 aromatic rings. The zero-order valence-corrected chi connectivity index (χ0v) is 20.6. The predicted octanol–water partition coefficient (Wildman–Crippen LogP) is 2.09. The highest BCUT2D eigenvalue weighted by molar-refractivity contribution is 6.31. The summed E-state index contributed by atoms with van der Waals surface area (Å²) in [5, 5.41) is 43.9. The van der Waals surface area contributed by atoms with Gasteiger partial charge in [-0.15, -0.1) is 0 Å². The Morgan fingerprint density at radius 3 is 2.43 bits per heavy atom. The van der Waals surface area contributed by atoms with Crippen LogP contribution in [0.25, 0.3) is 0 Å². The Morgan fingerprint density at radius 2 is 1.78 bits per heavy atom. The van der Waals surface area contributed by atoms with E-state index in [4.69, 9.17) is 14.2 Å². The number of benzene rings is 2.